The van der Waals surface area contributed by atoms with Gasteiger partial charge < -0.3 is 24.4 Å². The zero-order valence-corrected chi connectivity index (χ0v) is 20.7. The van der Waals surface area contributed by atoms with Gasteiger partial charge in [-0.05, 0) is 24.3 Å². The van der Waals surface area contributed by atoms with Gasteiger partial charge in [0, 0.05) is 32.3 Å². The number of esters is 1. The van der Waals surface area contributed by atoms with Gasteiger partial charge >= 0.3 is 5.97 Å². The van der Waals surface area contributed by atoms with Crippen molar-refractivity contribution in [2.75, 3.05) is 45.6 Å². The van der Waals surface area contributed by atoms with Gasteiger partial charge in [0.15, 0.2) is 17.3 Å². The molecule has 3 aromatic rings. The van der Waals surface area contributed by atoms with E-state index in [1.807, 2.05) is 6.07 Å². The van der Waals surface area contributed by atoms with Crippen LogP contribution < -0.4 is 19.7 Å². The van der Waals surface area contributed by atoms with Crippen molar-refractivity contribution in [2.24, 2.45) is 0 Å². The van der Waals surface area contributed by atoms with Crippen LogP contribution in [0, 0.1) is 5.82 Å². The molecule has 0 aliphatic carbocycles. The number of methoxy groups -OCH3 is 3. The number of halogens is 3. The van der Waals surface area contributed by atoms with Crippen molar-refractivity contribution < 1.29 is 23.4 Å². The van der Waals surface area contributed by atoms with Gasteiger partial charge in [0.1, 0.15) is 22.3 Å². The first kappa shape index (κ1) is 25.3. The first-order valence-electron chi connectivity index (χ1n) is 9.98. The molecule has 3 rings (SSSR count). The molecule has 1 aromatic heterocycles. The van der Waals surface area contributed by atoms with Gasteiger partial charge in [0.25, 0.3) is 0 Å². The highest BCUT2D eigenvalue weighted by Gasteiger charge is 2.24. The summed E-state index contributed by atoms with van der Waals surface area (Å²) in [4.78, 5) is 22.4. The summed E-state index contributed by atoms with van der Waals surface area (Å²) >= 11 is 12.6. The minimum Gasteiger partial charge on any atom is -0.497 e. The maximum Gasteiger partial charge on any atom is 0.358 e. The number of hydrogen-bond acceptors (Lipinski definition) is 8. The second kappa shape index (κ2) is 10.8. The molecule has 1 heterocycles. The van der Waals surface area contributed by atoms with Crippen LogP contribution in [0.2, 0.25) is 10.0 Å². The summed E-state index contributed by atoms with van der Waals surface area (Å²) in [6.45, 7) is 0.232. The number of nitrogens with one attached hydrogen (secondary N) is 1. The normalized spacial score (nSPS) is 10.6. The predicted octanol–water partition coefficient (Wildman–Crippen LogP) is 5.07. The molecule has 0 aliphatic rings. The second-order valence-electron chi connectivity index (χ2n) is 7.23. The van der Waals surface area contributed by atoms with Crippen molar-refractivity contribution in [3.8, 4) is 22.9 Å². The van der Waals surface area contributed by atoms with Crippen LogP contribution in [0.3, 0.4) is 0 Å². The van der Waals surface area contributed by atoms with E-state index in [2.05, 4.69) is 15.3 Å². The number of ether oxygens (including phenoxy) is 3. The lowest BCUT2D eigenvalue weighted by Gasteiger charge is -2.18. The highest BCUT2D eigenvalue weighted by atomic mass is 35.5. The van der Waals surface area contributed by atoms with E-state index in [9.17, 15) is 4.79 Å². The Kier molecular flexibility index (Phi) is 8.01. The van der Waals surface area contributed by atoms with Crippen molar-refractivity contribution in [3.05, 3.63) is 57.5 Å². The minimum atomic E-state index is -0.791. The van der Waals surface area contributed by atoms with E-state index in [1.165, 1.54) is 31.3 Å². The lowest BCUT2D eigenvalue weighted by molar-refractivity contribution is 0.0594. The average Bonchev–Trinajstić information content (AvgIpc) is 2.82. The summed E-state index contributed by atoms with van der Waals surface area (Å²) in [5.74, 6) is -0.174. The Hall–Kier alpha value is -3.30. The number of aromatic nitrogens is 2. The fourth-order valence-corrected chi connectivity index (χ4v) is 3.76. The number of rotatable bonds is 8. The van der Waals surface area contributed by atoms with Crippen LogP contribution in [0.1, 0.15) is 16.1 Å². The molecule has 34 heavy (non-hydrogen) atoms. The summed E-state index contributed by atoms with van der Waals surface area (Å²) in [5.41, 5.74) is 0.764. The monoisotopic (exact) mass is 508 g/mol. The van der Waals surface area contributed by atoms with Crippen LogP contribution in [-0.2, 0) is 11.3 Å². The lowest BCUT2D eigenvalue weighted by atomic mass is 10.1. The summed E-state index contributed by atoms with van der Waals surface area (Å²) < 4.78 is 30.8. The molecule has 0 fully saturated rings. The van der Waals surface area contributed by atoms with Gasteiger partial charge in [0.2, 0.25) is 0 Å². The Morgan fingerprint density at radius 2 is 1.82 bits per heavy atom. The zero-order valence-electron chi connectivity index (χ0n) is 19.2. The molecule has 0 bridgehead atoms. The van der Waals surface area contributed by atoms with Gasteiger partial charge in [0.05, 0.1) is 37.6 Å². The predicted molar refractivity (Wildman–Crippen MR) is 130 cm³/mol. The largest absolute Gasteiger partial charge is 0.497 e. The Morgan fingerprint density at radius 1 is 1.09 bits per heavy atom. The van der Waals surface area contributed by atoms with Crippen LogP contribution in [-0.4, -0.2) is 51.4 Å². The number of carbonyl (C=O) groups is 1. The van der Waals surface area contributed by atoms with Crippen LogP contribution in [0.15, 0.2) is 30.3 Å². The second-order valence-corrected chi connectivity index (χ2v) is 8.02. The van der Waals surface area contributed by atoms with Crippen LogP contribution in [0.25, 0.3) is 11.4 Å². The molecule has 1 N–H and O–H groups in total. The number of anilines is 2. The Balaban J connectivity index is 2.09. The van der Waals surface area contributed by atoms with Gasteiger partial charge in [-0.1, -0.05) is 23.2 Å². The molecule has 0 aliphatic heterocycles. The van der Waals surface area contributed by atoms with Crippen molar-refractivity contribution in [2.45, 2.75) is 6.54 Å². The molecule has 0 saturated heterocycles. The maximum absolute atomic E-state index is 15.3. The van der Waals surface area contributed by atoms with Gasteiger partial charge in [-0.2, -0.15) is 0 Å². The van der Waals surface area contributed by atoms with E-state index in [0.29, 0.717) is 11.5 Å². The molecule has 0 atom stereocenters. The molecule has 180 valence electrons. The van der Waals surface area contributed by atoms with Crippen LogP contribution in [0.4, 0.5) is 15.9 Å². The fourth-order valence-electron chi connectivity index (χ4n) is 3.22. The van der Waals surface area contributed by atoms with E-state index in [0.717, 1.165) is 5.56 Å². The molecule has 8 nitrogen and oxygen atoms in total. The molecular weight excluding hydrogens is 486 g/mol. The summed E-state index contributed by atoms with van der Waals surface area (Å²) in [6.07, 6.45) is 0. The van der Waals surface area contributed by atoms with Gasteiger partial charge in [-0.15, -0.1) is 0 Å². The topological polar surface area (TPSA) is 85.8 Å². The fraction of sp³-hybridized carbons (Fsp3) is 0.261. The lowest BCUT2D eigenvalue weighted by Crippen LogP contribution is -2.14. The SMILES string of the molecule is COC(=O)c1nc(-c2ccc(Cl)c(N(C)C)c2F)nc(NCc2ccc(OC)cc2OC)c1Cl. The van der Waals surface area contributed by atoms with E-state index < -0.39 is 11.8 Å². The number of hydrogen-bond donors (Lipinski definition) is 1. The third kappa shape index (κ3) is 5.10. The molecule has 0 saturated carbocycles. The van der Waals surface area contributed by atoms with E-state index in [-0.39, 0.29) is 45.2 Å². The standard InChI is InChI=1S/C23H23Cl2FN4O4/c1-30(2)20-15(24)9-8-14(18(20)26)21-28-19(23(31)34-5)17(25)22(29-21)27-11-12-6-7-13(32-3)10-16(12)33-4/h6-10H,11H2,1-5H3,(H,27,28,29). The van der Waals surface area contributed by atoms with Crippen molar-refractivity contribution >= 4 is 40.7 Å². The van der Waals surface area contributed by atoms with Crippen molar-refractivity contribution in [1.82, 2.24) is 9.97 Å². The number of benzene rings is 2. The summed E-state index contributed by atoms with van der Waals surface area (Å²) in [5, 5.41) is 3.22. The highest BCUT2D eigenvalue weighted by molar-refractivity contribution is 6.35. The Morgan fingerprint density at radius 3 is 2.44 bits per heavy atom. The molecule has 0 amide bonds. The Bertz CT molecular complexity index is 1220. The molecule has 11 heteroatoms. The van der Waals surface area contributed by atoms with E-state index in [1.54, 1.807) is 33.3 Å². The third-order valence-corrected chi connectivity index (χ3v) is 5.59. The van der Waals surface area contributed by atoms with Gasteiger partial charge in [-0.3, -0.25) is 0 Å². The smallest absolute Gasteiger partial charge is 0.358 e. The van der Waals surface area contributed by atoms with Gasteiger partial charge in [-0.25, -0.2) is 19.2 Å². The molecule has 0 unspecified atom stereocenters. The van der Waals surface area contributed by atoms with Crippen molar-refractivity contribution in [1.29, 1.82) is 0 Å². The average molecular weight is 509 g/mol. The maximum atomic E-state index is 15.3. The number of carbonyl (C=O) groups excluding carboxylic acids is 1. The van der Waals surface area contributed by atoms with Crippen molar-refractivity contribution in [3.63, 3.8) is 0 Å². The van der Waals surface area contributed by atoms with E-state index >= 15 is 4.39 Å². The Labute approximate surface area is 206 Å². The quantitative estimate of drug-likeness (QED) is 0.422. The first-order chi connectivity index (χ1) is 16.2. The molecule has 0 spiro atoms. The van der Waals surface area contributed by atoms with E-state index in [4.69, 9.17) is 37.4 Å². The van der Waals surface area contributed by atoms with Crippen LogP contribution in [0.5, 0.6) is 11.5 Å². The molecule has 2 aromatic carbocycles. The highest BCUT2D eigenvalue weighted by Crippen LogP contribution is 2.36. The number of nitrogens with zero attached hydrogens (tertiary/aromatic N) is 3. The third-order valence-electron chi connectivity index (χ3n) is 4.93. The van der Waals surface area contributed by atoms with Crippen LogP contribution >= 0.6 is 23.2 Å². The molecular formula is C23H23Cl2FN4O4. The first-order valence-corrected chi connectivity index (χ1v) is 10.7. The molecule has 0 radical (unpaired) electrons. The summed E-state index contributed by atoms with van der Waals surface area (Å²) in [6, 6.07) is 8.28. The minimum absolute atomic E-state index is 0.0417. The zero-order chi connectivity index (χ0) is 25.0. The summed E-state index contributed by atoms with van der Waals surface area (Å²) in [7, 11) is 7.61.